The molecule has 0 unspecified atom stereocenters. The molecule has 0 aliphatic heterocycles. The Morgan fingerprint density at radius 1 is 0.481 bits per heavy atom. The lowest BCUT2D eigenvalue weighted by molar-refractivity contribution is -0.144. The van der Waals surface area contributed by atoms with Crippen LogP contribution < -0.4 is 0 Å². The first-order valence-electron chi connectivity index (χ1n) is 11.5. The summed E-state index contributed by atoms with van der Waals surface area (Å²) in [5.41, 5.74) is 0. The Morgan fingerprint density at radius 2 is 0.852 bits per heavy atom. The van der Waals surface area contributed by atoms with E-state index in [-0.39, 0.29) is 11.9 Å². The standard InChI is InChI=1S/C23H44O4/c1-3-5-7-8-9-10-11-12-13-17-21-27-23(25)19-16-14-15-18-22(24)26-20-6-4-2/h3-21H2,1-2H3. The Labute approximate surface area is 167 Å². The average Bonchev–Trinajstić information content (AvgIpc) is 2.66. The van der Waals surface area contributed by atoms with Gasteiger partial charge in [0.1, 0.15) is 0 Å². The zero-order chi connectivity index (χ0) is 20.0. The minimum atomic E-state index is -0.119. The van der Waals surface area contributed by atoms with Crippen LogP contribution >= 0.6 is 0 Å². The highest BCUT2D eigenvalue weighted by Crippen LogP contribution is 2.11. The van der Waals surface area contributed by atoms with Gasteiger partial charge in [0, 0.05) is 12.8 Å². The first-order chi connectivity index (χ1) is 13.2. The molecule has 0 fully saturated rings. The van der Waals surface area contributed by atoms with E-state index in [1.807, 2.05) is 0 Å². The molecule has 0 aromatic heterocycles. The first kappa shape index (κ1) is 25.9. The number of ether oxygens (including phenoxy) is 2. The molecule has 0 aliphatic carbocycles. The maximum absolute atomic E-state index is 11.7. The van der Waals surface area contributed by atoms with Crippen LogP contribution in [0.5, 0.6) is 0 Å². The van der Waals surface area contributed by atoms with Crippen molar-refractivity contribution in [3.05, 3.63) is 0 Å². The number of carbonyl (C=O) groups excluding carboxylic acids is 2. The van der Waals surface area contributed by atoms with Crippen LogP contribution in [0.2, 0.25) is 0 Å². The van der Waals surface area contributed by atoms with E-state index in [2.05, 4.69) is 13.8 Å². The van der Waals surface area contributed by atoms with Gasteiger partial charge in [-0.3, -0.25) is 9.59 Å². The molecule has 0 bridgehead atoms. The topological polar surface area (TPSA) is 52.6 Å². The van der Waals surface area contributed by atoms with Gasteiger partial charge < -0.3 is 9.47 Å². The largest absolute Gasteiger partial charge is 0.466 e. The van der Waals surface area contributed by atoms with Crippen LogP contribution in [0.15, 0.2) is 0 Å². The highest BCUT2D eigenvalue weighted by atomic mass is 16.5. The van der Waals surface area contributed by atoms with Crippen LogP contribution in [-0.2, 0) is 19.1 Å². The Bertz CT molecular complexity index is 341. The Kier molecular flexibility index (Phi) is 20.4. The summed E-state index contributed by atoms with van der Waals surface area (Å²) < 4.78 is 10.4. The molecule has 0 aromatic rings. The van der Waals surface area contributed by atoms with Crippen molar-refractivity contribution < 1.29 is 19.1 Å². The minimum absolute atomic E-state index is 0.101. The third-order valence-corrected chi connectivity index (χ3v) is 4.78. The highest BCUT2D eigenvalue weighted by molar-refractivity contribution is 5.69. The van der Waals surface area contributed by atoms with E-state index in [4.69, 9.17) is 9.47 Å². The quantitative estimate of drug-likeness (QED) is 0.172. The Morgan fingerprint density at radius 3 is 1.33 bits per heavy atom. The van der Waals surface area contributed by atoms with Crippen LogP contribution in [0.25, 0.3) is 0 Å². The number of carbonyl (C=O) groups is 2. The van der Waals surface area contributed by atoms with Crippen molar-refractivity contribution >= 4 is 11.9 Å². The summed E-state index contributed by atoms with van der Waals surface area (Å²) in [6, 6.07) is 0. The molecule has 0 radical (unpaired) electrons. The summed E-state index contributed by atoms with van der Waals surface area (Å²) >= 11 is 0. The second-order valence-corrected chi connectivity index (χ2v) is 7.54. The number of hydrogen-bond acceptors (Lipinski definition) is 4. The summed E-state index contributed by atoms with van der Waals surface area (Å²) in [6.45, 7) is 5.41. The van der Waals surface area contributed by atoms with E-state index in [0.29, 0.717) is 26.1 Å². The molecule has 0 rings (SSSR count). The van der Waals surface area contributed by atoms with Gasteiger partial charge in [0.2, 0.25) is 0 Å². The number of rotatable bonds is 20. The molecular formula is C23H44O4. The van der Waals surface area contributed by atoms with Crippen molar-refractivity contribution in [1.29, 1.82) is 0 Å². The van der Waals surface area contributed by atoms with E-state index in [1.54, 1.807) is 0 Å². The normalized spacial score (nSPS) is 10.7. The van der Waals surface area contributed by atoms with Gasteiger partial charge in [0.25, 0.3) is 0 Å². The van der Waals surface area contributed by atoms with Crippen molar-refractivity contribution in [3.8, 4) is 0 Å². The molecule has 4 heteroatoms. The smallest absolute Gasteiger partial charge is 0.305 e. The summed E-state index contributed by atoms with van der Waals surface area (Å²) in [5.74, 6) is -0.219. The fourth-order valence-electron chi connectivity index (χ4n) is 2.97. The van der Waals surface area contributed by atoms with E-state index >= 15 is 0 Å². The third kappa shape index (κ3) is 21.1. The van der Waals surface area contributed by atoms with Gasteiger partial charge in [0.05, 0.1) is 13.2 Å². The number of hydrogen-bond donors (Lipinski definition) is 0. The zero-order valence-electron chi connectivity index (χ0n) is 18.1. The molecule has 27 heavy (non-hydrogen) atoms. The second kappa shape index (κ2) is 21.2. The fraction of sp³-hybridized carbons (Fsp3) is 0.913. The van der Waals surface area contributed by atoms with Crippen LogP contribution in [0, 0.1) is 0 Å². The average molecular weight is 385 g/mol. The van der Waals surface area contributed by atoms with Crippen LogP contribution in [-0.4, -0.2) is 25.2 Å². The maximum atomic E-state index is 11.7. The molecule has 0 heterocycles. The summed E-state index contributed by atoms with van der Waals surface area (Å²) in [5, 5.41) is 0. The number of esters is 2. The molecule has 0 saturated carbocycles. The van der Waals surface area contributed by atoms with Crippen LogP contribution in [0.4, 0.5) is 0 Å². The molecule has 0 N–H and O–H groups in total. The highest BCUT2D eigenvalue weighted by Gasteiger charge is 2.05. The van der Waals surface area contributed by atoms with Crippen molar-refractivity contribution in [3.63, 3.8) is 0 Å². The lowest BCUT2D eigenvalue weighted by Crippen LogP contribution is -2.07. The molecule has 0 saturated heterocycles. The summed E-state index contributed by atoms with van der Waals surface area (Å²) in [6.07, 6.45) is 18.2. The zero-order valence-corrected chi connectivity index (χ0v) is 18.1. The molecular weight excluding hydrogens is 340 g/mol. The maximum Gasteiger partial charge on any atom is 0.305 e. The molecule has 160 valence electrons. The van der Waals surface area contributed by atoms with Gasteiger partial charge in [-0.1, -0.05) is 84.5 Å². The van der Waals surface area contributed by atoms with Gasteiger partial charge in [-0.05, 0) is 25.7 Å². The SMILES string of the molecule is CCCCCCCCCCCCOC(=O)CCCCCC(=O)OCCCC. The van der Waals surface area contributed by atoms with Crippen LogP contribution in [0.1, 0.15) is 123 Å². The van der Waals surface area contributed by atoms with Crippen molar-refractivity contribution in [2.45, 2.75) is 123 Å². The number of unbranched alkanes of at least 4 members (excludes halogenated alkanes) is 12. The molecule has 0 aliphatic rings. The van der Waals surface area contributed by atoms with E-state index in [1.165, 1.54) is 51.4 Å². The predicted octanol–water partition coefficient (Wildman–Crippen LogP) is 6.74. The molecule has 0 amide bonds. The fourth-order valence-corrected chi connectivity index (χ4v) is 2.97. The summed E-state index contributed by atoms with van der Waals surface area (Å²) in [4.78, 5) is 23.1. The van der Waals surface area contributed by atoms with Crippen molar-refractivity contribution in [2.24, 2.45) is 0 Å². The van der Waals surface area contributed by atoms with Gasteiger partial charge in [-0.2, -0.15) is 0 Å². The molecule has 0 atom stereocenters. The lowest BCUT2D eigenvalue weighted by atomic mass is 10.1. The van der Waals surface area contributed by atoms with Gasteiger partial charge >= 0.3 is 11.9 Å². The van der Waals surface area contributed by atoms with Crippen molar-refractivity contribution in [2.75, 3.05) is 13.2 Å². The Hall–Kier alpha value is -1.06. The molecule has 0 spiro atoms. The van der Waals surface area contributed by atoms with Gasteiger partial charge in [-0.15, -0.1) is 0 Å². The minimum Gasteiger partial charge on any atom is -0.466 e. The predicted molar refractivity (Wildman–Crippen MR) is 112 cm³/mol. The first-order valence-corrected chi connectivity index (χ1v) is 11.5. The van der Waals surface area contributed by atoms with E-state index < -0.39 is 0 Å². The van der Waals surface area contributed by atoms with Gasteiger partial charge in [-0.25, -0.2) is 0 Å². The van der Waals surface area contributed by atoms with E-state index in [9.17, 15) is 9.59 Å². The second-order valence-electron chi connectivity index (χ2n) is 7.54. The van der Waals surface area contributed by atoms with Crippen molar-refractivity contribution in [1.82, 2.24) is 0 Å². The Balaban J connectivity index is 3.25. The monoisotopic (exact) mass is 384 g/mol. The third-order valence-electron chi connectivity index (χ3n) is 4.78. The lowest BCUT2D eigenvalue weighted by Gasteiger charge is -2.06. The molecule has 0 aromatic carbocycles. The summed E-state index contributed by atoms with van der Waals surface area (Å²) in [7, 11) is 0. The van der Waals surface area contributed by atoms with Gasteiger partial charge in [0.15, 0.2) is 0 Å². The van der Waals surface area contributed by atoms with Crippen LogP contribution in [0.3, 0.4) is 0 Å². The van der Waals surface area contributed by atoms with E-state index in [0.717, 1.165) is 44.9 Å². The molecule has 4 nitrogen and oxygen atoms in total.